The molecule has 0 saturated heterocycles. The van der Waals surface area contributed by atoms with E-state index in [4.69, 9.17) is 0 Å². The van der Waals surface area contributed by atoms with Gasteiger partial charge in [-0.2, -0.15) is 0 Å². The van der Waals surface area contributed by atoms with Crippen LogP contribution >= 0.6 is 0 Å². The van der Waals surface area contributed by atoms with Crippen molar-refractivity contribution in [1.29, 1.82) is 0 Å². The highest BCUT2D eigenvalue weighted by atomic mass is 16.6. The fraction of sp³-hybridized carbons (Fsp3) is 0. The summed E-state index contributed by atoms with van der Waals surface area (Å²) in [5, 5.41) is 14.4. The molecule has 0 atom stereocenters. The fourth-order valence-electron chi connectivity index (χ4n) is 4.75. The lowest BCUT2D eigenvalue weighted by molar-refractivity contribution is -0.384. The highest BCUT2D eigenvalue weighted by Crippen LogP contribution is 2.37. The molecule has 6 rings (SSSR count). The van der Waals surface area contributed by atoms with Gasteiger partial charge in [-0.1, -0.05) is 84.9 Å². The van der Waals surface area contributed by atoms with Gasteiger partial charge in [0.1, 0.15) is 0 Å². The third-order valence-corrected chi connectivity index (χ3v) is 6.30. The highest BCUT2D eigenvalue weighted by molar-refractivity contribution is 6.09. The molecule has 6 aromatic rings. The number of nitro benzene ring substituents is 1. The Balaban J connectivity index is 1.54. The quantitative estimate of drug-likeness (QED) is 0.206. The second-order valence-corrected chi connectivity index (χ2v) is 8.28. The van der Waals surface area contributed by atoms with Crippen molar-refractivity contribution in [2.24, 2.45) is 0 Å². The normalized spacial score (nSPS) is 11.2. The summed E-state index contributed by atoms with van der Waals surface area (Å²) in [6.07, 6.45) is 0. The van der Waals surface area contributed by atoms with Crippen LogP contribution in [0.4, 0.5) is 5.69 Å². The molecule has 5 aromatic carbocycles. The maximum absolute atomic E-state index is 12.2. The zero-order valence-electron chi connectivity index (χ0n) is 18.3. The molecule has 0 aliphatic carbocycles. The van der Waals surface area contributed by atoms with Crippen molar-refractivity contribution in [3.63, 3.8) is 0 Å². The monoisotopic (exact) mass is 440 g/mol. The van der Waals surface area contributed by atoms with Crippen molar-refractivity contribution in [2.75, 3.05) is 0 Å². The van der Waals surface area contributed by atoms with Crippen LogP contribution in [-0.2, 0) is 0 Å². The van der Waals surface area contributed by atoms with Crippen molar-refractivity contribution in [2.45, 2.75) is 0 Å². The van der Waals surface area contributed by atoms with Crippen LogP contribution < -0.4 is 0 Å². The molecule has 0 bridgehead atoms. The first-order valence-corrected chi connectivity index (χ1v) is 11.1. The van der Waals surface area contributed by atoms with Gasteiger partial charge in [0.15, 0.2) is 0 Å². The number of fused-ring (bicyclic) bond motifs is 3. The highest BCUT2D eigenvalue weighted by Gasteiger charge is 2.19. The Morgan fingerprint density at radius 1 is 0.559 bits per heavy atom. The fourth-order valence-corrected chi connectivity index (χ4v) is 4.75. The number of aromatic nitrogens is 1. The summed E-state index contributed by atoms with van der Waals surface area (Å²) in [6, 6.07) is 39.8. The molecule has 0 saturated carbocycles. The molecule has 0 aliphatic rings. The van der Waals surface area contributed by atoms with Gasteiger partial charge < -0.3 is 4.57 Å². The van der Waals surface area contributed by atoms with E-state index in [0.717, 1.165) is 44.2 Å². The van der Waals surface area contributed by atoms with Crippen molar-refractivity contribution >= 4 is 27.5 Å². The van der Waals surface area contributed by atoms with E-state index >= 15 is 0 Å². The molecule has 0 aliphatic heterocycles. The average Bonchev–Trinajstić information content (AvgIpc) is 3.23. The predicted octanol–water partition coefficient (Wildman–Crippen LogP) is 8.03. The van der Waals surface area contributed by atoms with E-state index in [-0.39, 0.29) is 10.6 Å². The number of nitro groups is 1. The molecule has 4 heteroatoms. The Morgan fingerprint density at radius 2 is 1.15 bits per heavy atom. The summed E-state index contributed by atoms with van der Waals surface area (Å²) in [5.41, 5.74) is 6.44. The number of hydrogen-bond donors (Lipinski definition) is 0. The van der Waals surface area contributed by atoms with E-state index in [2.05, 4.69) is 28.8 Å². The topological polar surface area (TPSA) is 48.1 Å². The van der Waals surface area contributed by atoms with Crippen molar-refractivity contribution < 1.29 is 4.92 Å². The van der Waals surface area contributed by atoms with E-state index in [1.807, 2.05) is 91.0 Å². The number of benzene rings is 5. The van der Waals surface area contributed by atoms with Gasteiger partial charge in [0.25, 0.3) is 5.69 Å². The molecule has 0 unspecified atom stereocenters. The molecular weight excluding hydrogens is 420 g/mol. The first kappa shape index (κ1) is 19.9. The van der Waals surface area contributed by atoms with Gasteiger partial charge in [-0.3, -0.25) is 10.1 Å². The van der Waals surface area contributed by atoms with E-state index in [9.17, 15) is 10.1 Å². The van der Waals surface area contributed by atoms with E-state index in [1.54, 1.807) is 6.07 Å². The molecule has 0 fully saturated rings. The average molecular weight is 441 g/mol. The predicted molar refractivity (Wildman–Crippen MR) is 138 cm³/mol. The number of rotatable bonds is 4. The van der Waals surface area contributed by atoms with Gasteiger partial charge in [0.05, 0.1) is 27.2 Å². The first-order chi connectivity index (χ1) is 16.7. The van der Waals surface area contributed by atoms with Crippen LogP contribution in [0.1, 0.15) is 0 Å². The Hall–Kier alpha value is -4.70. The Bertz CT molecular complexity index is 1630. The van der Waals surface area contributed by atoms with Crippen LogP contribution in [-0.4, -0.2) is 9.49 Å². The third-order valence-electron chi connectivity index (χ3n) is 6.30. The third kappa shape index (κ3) is 3.24. The van der Waals surface area contributed by atoms with E-state index in [1.165, 1.54) is 0 Å². The van der Waals surface area contributed by atoms with E-state index in [0.29, 0.717) is 5.56 Å². The lowest BCUT2D eigenvalue weighted by atomic mass is 9.98. The molecule has 34 heavy (non-hydrogen) atoms. The van der Waals surface area contributed by atoms with E-state index < -0.39 is 0 Å². The minimum absolute atomic E-state index is 0.0876. The van der Waals surface area contributed by atoms with Gasteiger partial charge in [-0.15, -0.1) is 0 Å². The second kappa shape index (κ2) is 8.01. The molecule has 1 aromatic heterocycles. The molecule has 0 amide bonds. The smallest absolute Gasteiger partial charge is 0.279 e. The largest absolute Gasteiger partial charge is 0.309 e. The summed E-state index contributed by atoms with van der Waals surface area (Å²) < 4.78 is 2.10. The Labute approximate surface area is 196 Å². The number of para-hydroxylation sites is 2. The molecule has 0 N–H and O–H groups in total. The Morgan fingerprint density at radius 3 is 1.82 bits per heavy atom. The van der Waals surface area contributed by atoms with Crippen LogP contribution in [0.5, 0.6) is 0 Å². The minimum atomic E-state index is -0.290. The van der Waals surface area contributed by atoms with Crippen LogP contribution in [0.2, 0.25) is 0 Å². The van der Waals surface area contributed by atoms with Crippen LogP contribution in [0.25, 0.3) is 49.7 Å². The second-order valence-electron chi connectivity index (χ2n) is 8.28. The standard InChI is InChI=1S/C30H20N2O2/c33-32(34)30-20-24(31-28-15-6-4-13-26(28)27-14-5-7-16-29(27)31)17-18-25(30)23-12-8-11-22(19-23)21-9-2-1-3-10-21/h1-20H. The molecule has 4 nitrogen and oxygen atoms in total. The number of nitrogens with zero attached hydrogens (tertiary/aromatic N) is 2. The lowest BCUT2D eigenvalue weighted by Gasteiger charge is -2.11. The van der Waals surface area contributed by atoms with Gasteiger partial charge in [-0.25, -0.2) is 0 Å². The molecule has 162 valence electrons. The lowest BCUT2D eigenvalue weighted by Crippen LogP contribution is -1.98. The van der Waals surface area contributed by atoms with Crippen molar-refractivity contribution in [3.05, 3.63) is 131 Å². The number of hydrogen-bond acceptors (Lipinski definition) is 2. The summed E-state index contributed by atoms with van der Waals surface area (Å²) in [5.74, 6) is 0. The van der Waals surface area contributed by atoms with Crippen LogP contribution in [0, 0.1) is 10.1 Å². The summed E-state index contributed by atoms with van der Waals surface area (Å²) in [4.78, 5) is 11.9. The van der Waals surface area contributed by atoms with Crippen LogP contribution in [0.15, 0.2) is 121 Å². The molecular formula is C30H20N2O2. The maximum Gasteiger partial charge on any atom is 0.279 e. The maximum atomic E-state index is 12.2. The van der Waals surface area contributed by atoms with Gasteiger partial charge >= 0.3 is 0 Å². The summed E-state index contributed by atoms with van der Waals surface area (Å²) in [6.45, 7) is 0. The molecule has 1 heterocycles. The zero-order valence-corrected chi connectivity index (χ0v) is 18.3. The summed E-state index contributed by atoms with van der Waals surface area (Å²) in [7, 11) is 0. The van der Waals surface area contributed by atoms with Crippen molar-refractivity contribution in [1.82, 2.24) is 4.57 Å². The zero-order chi connectivity index (χ0) is 23.1. The van der Waals surface area contributed by atoms with Gasteiger partial charge in [-0.05, 0) is 47.0 Å². The minimum Gasteiger partial charge on any atom is -0.309 e. The molecule has 0 spiro atoms. The van der Waals surface area contributed by atoms with Gasteiger partial charge in [0.2, 0.25) is 0 Å². The summed E-state index contributed by atoms with van der Waals surface area (Å²) >= 11 is 0. The van der Waals surface area contributed by atoms with Crippen LogP contribution in [0.3, 0.4) is 0 Å². The Kier molecular flexibility index (Phi) is 4.70. The SMILES string of the molecule is O=[N+]([O-])c1cc(-n2c3ccccc3c3ccccc32)ccc1-c1cccc(-c2ccccc2)c1. The first-order valence-electron chi connectivity index (χ1n) is 11.1. The van der Waals surface area contributed by atoms with Crippen molar-refractivity contribution in [3.8, 4) is 27.9 Å². The van der Waals surface area contributed by atoms with Gasteiger partial charge in [0, 0.05) is 16.8 Å². The molecule has 0 radical (unpaired) electrons.